The molecule has 0 aliphatic rings. The Bertz CT molecular complexity index is 336. The van der Waals surface area contributed by atoms with Crippen LogP contribution in [-0.4, -0.2) is 27.2 Å². The van der Waals surface area contributed by atoms with Crippen LogP contribution in [0.15, 0.2) is 12.4 Å². The molecule has 1 rings (SSSR count). The van der Waals surface area contributed by atoms with Crippen LogP contribution >= 0.6 is 0 Å². The van der Waals surface area contributed by atoms with E-state index in [0.717, 1.165) is 18.8 Å². The van der Waals surface area contributed by atoms with E-state index in [1.54, 1.807) is 17.0 Å². The summed E-state index contributed by atoms with van der Waals surface area (Å²) in [6, 6.07) is -0.513. The Kier molecular flexibility index (Phi) is 4.98. The maximum absolute atomic E-state index is 11.0. The Morgan fingerprint density at radius 2 is 2.38 bits per heavy atom. The number of carboxylic acids is 1. The van der Waals surface area contributed by atoms with E-state index in [1.165, 1.54) is 0 Å². The molecule has 0 bridgehead atoms. The van der Waals surface area contributed by atoms with Gasteiger partial charge in [-0.25, -0.2) is 9.78 Å². The van der Waals surface area contributed by atoms with Gasteiger partial charge < -0.3 is 15.0 Å². The minimum Gasteiger partial charge on any atom is -0.480 e. The minimum absolute atomic E-state index is 0.513. The number of aliphatic carboxylic acids is 1. The topological polar surface area (TPSA) is 67.2 Å². The molecule has 0 saturated carbocycles. The highest BCUT2D eigenvalue weighted by Crippen LogP contribution is 2.13. The van der Waals surface area contributed by atoms with Crippen LogP contribution in [0, 0.1) is 0 Å². The number of nitrogens with one attached hydrogen (secondary N) is 1. The largest absolute Gasteiger partial charge is 0.480 e. The van der Waals surface area contributed by atoms with E-state index in [4.69, 9.17) is 5.11 Å². The zero-order chi connectivity index (χ0) is 12.0. The van der Waals surface area contributed by atoms with Crippen LogP contribution in [0.3, 0.4) is 0 Å². The van der Waals surface area contributed by atoms with Gasteiger partial charge in [0.25, 0.3) is 0 Å². The molecule has 1 aromatic rings. The lowest BCUT2D eigenvalue weighted by Crippen LogP contribution is -2.23. The second-order valence-corrected chi connectivity index (χ2v) is 3.69. The predicted molar refractivity (Wildman–Crippen MR) is 61.2 cm³/mol. The first-order valence-corrected chi connectivity index (χ1v) is 5.65. The summed E-state index contributed by atoms with van der Waals surface area (Å²) in [5.41, 5.74) is 0. The monoisotopic (exact) mass is 225 g/mol. The van der Waals surface area contributed by atoms with Gasteiger partial charge in [0, 0.05) is 12.4 Å². The summed E-state index contributed by atoms with van der Waals surface area (Å²) < 4.78 is 1.73. The molecule has 1 aromatic heterocycles. The summed E-state index contributed by atoms with van der Waals surface area (Å²) in [4.78, 5) is 15.2. The highest BCUT2D eigenvalue weighted by atomic mass is 16.4. The number of carboxylic acid groups (broad SMARTS) is 1. The van der Waals surface area contributed by atoms with E-state index in [1.807, 2.05) is 6.92 Å². The Balaban J connectivity index is 2.72. The van der Waals surface area contributed by atoms with Crippen molar-refractivity contribution in [3.05, 3.63) is 18.2 Å². The van der Waals surface area contributed by atoms with Crippen molar-refractivity contribution >= 4 is 5.97 Å². The fourth-order valence-corrected chi connectivity index (χ4v) is 1.63. The van der Waals surface area contributed by atoms with Crippen molar-refractivity contribution in [2.45, 2.75) is 39.3 Å². The van der Waals surface area contributed by atoms with Gasteiger partial charge in [-0.2, -0.15) is 0 Å². The molecule has 5 nitrogen and oxygen atoms in total. The van der Waals surface area contributed by atoms with E-state index < -0.39 is 12.0 Å². The number of nitrogens with zero attached hydrogens (tertiary/aromatic N) is 2. The van der Waals surface area contributed by atoms with Gasteiger partial charge in [0.15, 0.2) is 0 Å². The van der Waals surface area contributed by atoms with Crippen molar-refractivity contribution in [3.63, 3.8) is 0 Å². The molecule has 0 spiro atoms. The van der Waals surface area contributed by atoms with Crippen molar-refractivity contribution in [3.8, 4) is 0 Å². The lowest BCUT2D eigenvalue weighted by Gasteiger charge is -2.15. The fourth-order valence-electron chi connectivity index (χ4n) is 1.63. The maximum Gasteiger partial charge on any atom is 0.326 e. The van der Waals surface area contributed by atoms with Gasteiger partial charge >= 0.3 is 5.97 Å². The van der Waals surface area contributed by atoms with Crippen LogP contribution in [0.4, 0.5) is 0 Å². The zero-order valence-corrected chi connectivity index (χ0v) is 9.81. The number of hydrogen-bond donors (Lipinski definition) is 2. The summed E-state index contributed by atoms with van der Waals surface area (Å²) in [6.07, 6.45) is 4.99. The third-order valence-corrected chi connectivity index (χ3v) is 2.47. The van der Waals surface area contributed by atoms with Gasteiger partial charge in [-0.05, 0) is 19.4 Å². The Morgan fingerprint density at radius 3 is 2.94 bits per heavy atom. The first-order valence-electron chi connectivity index (χ1n) is 5.65. The maximum atomic E-state index is 11.0. The van der Waals surface area contributed by atoms with Crippen LogP contribution in [0.2, 0.25) is 0 Å². The van der Waals surface area contributed by atoms with Crippen molar-refractivity contribution in [1.29, 1.82) is 0 Å². The van der Waals surface area contributed by atoms with Crippen LogP contribution in [-0.2, 0) is 11.3 Å². The molecular weight excluding hydrogens is 206 g/mol. The van der Waals surface area contributed by atoms with Crippen LogP contribution < -0.4 is 5.32 Å². The van der Waals surface area contributed by atoms with E-state index >= 15 is 0 Å². The molecule has 16 heavy (non-hydrogen) atoms. The van der Waals surface area contributed by atoms with E-state index in [0.29, 0.717) is 13.0 Å². The van der Waals surface area contributed by atoms with Crippen molar-refractivity contribution in [1.82, 2.24) is 14.9 Å². The molecule has 0 aliphatic heterocycles. The van der Waals surface area contributed by atoms with Gasteiger partial charge in [0.05, 0.1) is 6.54 Å². The number of aromatic nitrogens is 2. The molecule has 2 N–H and O–H groups in total. The number of carbonyl (C=O) groups is 1. The molecule has 0 amide bonds. The molecule has 5 heteroatoms. The summed E-state index contributed by atoms with van der Waals surface area (Å²) in [7, 11) is 0. The second kappa shape index (κ2) is 6.27. The van der Waals surface area contributed by atoms with E-state index in [9.17, 15) is 4.79 Å². The fraction of sp³-hybridized carbons (Fsp3) is 0.636. The molecule has 1 atom stereocenters. The Morgan fingerprint density at radius 1 is 1.62 bits per heavy atom. The van der Waals surface area contributed by atoms with Gasteiger partial charge in [-0.3, -0.25) is 0 Å². The van der Waals surface area contributed by atoms with Gasteiger partial charge in [0.2, 0.25) is 0 Å². The first-order chi connectivity index (χ1) is 7.70. The molecule has 0 radical (unpaired) electrons. The second-order valence-electron chi connectivity index (χ2n) is 3.69. The standard InChI is InChI=1S/C11H19N3O2/c1-3-5-12-8-10-13-6-7-14(10)9(4-2)11(15)16/h6-7,9,12H,3-5,8H2,1-2H3,(H,15,16). The Hall–Kier alpha value is -1.36. The molecule has 1 unspecified atom stereocenters. The summed E-state index contributed by atoms with van der Waals surface area (Å²) >= 11 is 0. The van der Waals surface area contributed by atoms with Gasteiger partial charge in [0.1, 0.15) is 11.9 Å². The SMILES string of the molecule is CCCNCc1nccn1C(CC)C(=O)O. The average molecular weight is 225 g/mol. The highest BCUT2D eigenvalue weighted by Gasteiger charge is 2.19. The number of rotatable bonds is 7. The van der Waals surface area contributed by atoms with Crippen molar-refractivity contribution in [2.24, 2.45) is 0 Å². The predicted octanol–water partition coefficient (Wildman–Crippen LogP) is 1.42. The molecule has 0 aromatic carbocycles. The van der Waals surface area contributed by atoms with Crippen molar-refractivity contribution in [2.75, 3.05) is 6.54 Å². The van der Waals surface area contributed by atoms with Crippen LogP contribution in [0.5, 0.6) is 0 Å². The van der Waals surface area contributed by atoms with Gasteiger partial charge in [-0.1, -0.05) is 13.8 Å². The molecular formula is C11H19N3O2. The van der Waals surface area contributed by atoms with Gasteiger partial charge in [-0.15, -0.1) is 0 Å². The summed E-state index contributed by atoms with van der Waals surface area (Å²) in [5.74, 6) is -0.0278. The third kappa shape index (κ3) is 3.06. The third-order valence-electron chi connectivity index (χ3n) is 2.47. The molecule has 1 heterocycles. The lowest BCUT2D eigenvalue weighted by molar-refractivity contribution is -0.141. The summed E-state index contributed by atoms with van der Waals surface area (Å²) in [6.45, 7) is 5.48. The quantitative estimate of drug-likeness (QED) is 0.689. The smallest absolute Gasteiger partial charge is 0.326 e. The minimum atomic E-state index is -0.808. The average Bonchev–Trinajstić information content (AvgIpc) is 2.68. The lowest BCUT2D eigenvalue weighted by atomic mass is 10.2. The zero-order valence-electron chi connectivity index (χ0n) is 9.81. The summed E-state index contributed by atoms with van der Waals surface area (Å²) in [5, 5.41) is 12.3. The molecule has 0 fully saturated rings. The Labute approximate surface area is 95.5 Å². The highest BCUT2D eigenvalue weighted by molar-refractivity contribution is 5.71. The van der Waals surface area contributed by atoms with Crippen molar-refractivity contribution < 1.29 is 9.90 Å². The van der Waals surface area contributed by atoms with E-state index in [-0.39, 0.29) is 0 Å². The molecule has 0 aliphatic carbocycles. The molecule has 0 saturated heterocycles. The normalized spacial score (nSPS) is 12.6. The van der Waals surface area contributed by atoms with Crippen LogP contribution in [0.1, 0.15) is 38.6 Å². The molecule has 90 valence electrons. The van der Waals surface area contributed by atoms with Crippen LogP contribution in [0.25, 0.3) is 0 Å². The first kappa shape index (κ1) is 12.7. The number of imidazole rings is 1. The van der Waals surface area contributed by atoms with E-state index in [2.05, 4.69) is 17.2 Å². The number of hydrogen-bond acceptors (Lipinski definition) is 3.